The molecule has 1 unspecified atom stereocenters. The van der Waals surface area contributed by atoms with E-state index < -0.39 is 0 Å². The topological polar surface area (TPSA) is 64.9 Å². The molecule has 3 rings (SSSR count). The van der Waals surface area contributed by atoms with Gasteiger partial charge in [0.15, 0.2) is 5.82 Å². The highest BCUT2D eigenvalue weighted by Crippen LogP contribution is 2.38. The van der Waals surface area contributed by atoms with E-state index >= 15 is 0 Å². The fraction of sp³-hybridized carbons (Fsp3) is 0.429. The van der Waals surface area contributed by atoms with E-state index in [9.17, 15) is 0 Å². The Kier molecular flexibility index (Phi) is 3.11. The van der Waals surface area contributed by atoms with Crippen LogP contribution in [0.5, 0.6) is 0 Å². The molecule has 1 aromatic heterocycles. The zero-order chi connectivity index (χ0) is 12.4. The molecule has 2 N–H and O–H groups in total. The molecule has 4 nitrogen and oxygen atoms in total. The van der Waals surface area contributed by atoms with Crippen molar-refractivity contribution >= 4 is 0 Å². The van der Waals surface area contributed by atoms with E-state index in [0.29, 0.717) is 11.8 Å². The highest BCUT2D eigenvalue weighted by atomic mass is 16.5. The molecule has 2 aromatic rings. The summed E-state index contributed by atoms with van der Waals surface area (Å²) in [6.45, 7) is 0. The molecule has 1 heterocycles. The van der Waals surface area contributed by atoms with Crippen LogP contribution in [-0.4, -0.2) is 10.1 Å². The fourth-order valence-electron chi connectivity index (χ4n) is 2.00. The quantitative estimate of drug-likeness (QED) is 0.876. The zero-order valence-corrected chi connectivity index (χ0v) is 10.2. The van der Waals surface area contributed by atoms with Crippen LogP contribution in [0.3, 0.4) is 0 Å². The summed E-state index contributed by atoms with van der Waals surface area (Å²) >= 11 is 0. The standard InChI is InChI=1S/C14H17N3O/c15-12(9-6-10-4-2-1-3-5-10)14-16-13(17-18-14)11-7-8-11/h1-5,11-12H,6-9,15H2. The number of hydrogen-bond donors (Lipinski definition) is 1. The van der Waals surface area contributed by atoms with Gasteiger partial charge in [0.05, 0.1) is 6.04 Å². The molecule has 1 saturated carbocycles. The van der Waals surface area contributed by atoms with Gasteiger partial charge in [0, 0.05) is 5.92 Å². The highest BCUT2D eigenvalue weighted by molar-refractivity contribution is 5.15. The summed E-state index contributed by atoms with van der Waals surface area (Å²) in [5.41, 5.74) is 7.37. The van der Waals surface area contributed by atoms with Crippen LogP contribution in [0.25, 0.3) is 0 Å². The van der Waals surface area contributed by atoms with Gasteiger partial charge in [-0.1, -0.05) is 35.5 Å². The predicted octanol–water partition coefficient (Wildman–Crippen LogP) is 2.58. The number of aromatic nitrogens is 2. The Morgan fingerprint density at radius 3 is 2.78 bits per heavy atom. The van der Waals surface area contributed by atoms with Gasteiger partial charge in [-0.05, 0) is 31.2 Å². The van der Waals surface area contributed by atoms with Crippen LogP contribution in [0.2, 0.25) is 0 Å². The summed E-state index contributed by atoms with van der Waals surface area (Å²) in [5, 5.41) is 3.99. The first-order valence-electron chi connectivity index (χ1n) is 6.46. The van der Waals surface area contributed by atoms with Crippen molar-refractivity contribution in [1.82, 2.24) is 10.1 Å². The lowest BCUT2D eigenvalue weighted by Gasteiger charge is -2.06. The normalized spacial score (nSPS) is 16.7. The zero-order valence-electron chi connectivity index (χ0n) is 10.2. The molecular weight excluding hydrogens is 226 g/mol. The summed E-state index contributed by atoms with van der Waals surface area (Å²) in [4.78, 5) is 4.38. The maximum absolute atomic E-state index is 6.08. The van der Waals surface area contributed by atoms with Crippen LogP contribution < -0.4 is 5.73 Å². The SMILES string of the molecule is NC(CCc1ccccc1)c1nc(C2CC2)no1. The minimum absolute atomic E-state index is 0.162. The maximum atomic E-state index is 6.08. The summed E-state index contributed by atoms with van der Waals surface area (Å²) < 4.78 is 5.23. The van der Waals surface area contributed by atoms with Gasteiger partial charge >= 0.3 is 0 Å². The van der Waals surface area contributed by atoms with Crippen molar-refractivity contribution in [3.8, 4) is 0 Å². The van der Waals surface area contributed by atoms with Crippen LogP contribution in [0, 0.1) is 0 Å². The predicted molar refractivity (Wildman–Crippen MR) is 68.0 cm³/mol. The number of aryl methyl sites for hydroxylation is 1. The molecule has 0 radical (unpaired) electrons. The van der Waals surface area contributed by atoms with Gasteiger partial charge in [-0.15, -0.1) is 0 Å². The molecule has 0 bridgehead atoms. The van der Waals surface area contributed by atoms with Gasteiger partial charge in [-0.3, -0.25) is 0 Å². The Bertz CT molecular complexity index is 505. The van der Waals surface area contributed by atoms with Gasteiger partial charge in [0.2, 0.25) is 5.89 Å². The molecule has 0 amide bonds. The summed E-state index contributed by atoms with van der Waals surface area (Å²) in [7, 11) is 0. The van der Waals surface area contributed by atoms with E-state index in [1.807, 2.05) is 18.2 Å². The Hall–Kier alpha value is -1.68. The van der Waals surface area contributed by atoms with Crippen molar-refractivity contribution in [2.75, 3.05) is 0 Å². The van der Waals surface area contributed by atoms with Crippen molar-refractivity contribution in [2.45, 2.75) is 37.6 Å². The van der Waals surface area contributed by atoms with Crippen LogP contribution >= 0.6 is 0 Å². The second-order valence-electron chi connectivity index (χ2n) is 4.90. The number of rotatable bonds is 5. The first kappa shape index (κ1) is 11.4. The lowest BCUT2D eigenvalue weighted by atomic mass is 10.1. The first-order chi connectivity index (χ1) is 8.83. The highest BCUT2D eigenvalue weighted by Gasteiger charge is 2.29. The lowest BCUT2D eigenvalue weighted by molar-refractivity contribution is 0.345. The van der Waals surface area contributed by atoms with Crippen LogP contribution in [0.4, 0.5) is 0 Å². The molecule has 1 aliphatic carbocycles. The Labute approximate surface area is 106 Å². The third-order valence-electron chi connectivity index (χ3n) is 3.30. The molecule has 0 aliphatic heterocycles. The van der Waals surface area contributed by atoms with Gasteiger partial charge in [-0.25, -0.2) is 0 Å². The second-order valence-corrected chi connectivity index (χ2v) is 4.90. The summed E-state index contributed by atoms with van der Waals surface area (Å²) in [5.74, 6) is 1.93. The Morgan fingerprint density at radius 1 is 1.28 bits per heavy atom. The van der Waals surface area contributed by atoms with Crippen LogP contribution in [0.15, 0.2) is 34.9 Å². The molecule has 4 heteroatoms. The van der Waals surface area contributed by atoms with Crippen molar-refractivity contribution < 1.29 is 4.52 Å². The third-order valence-corrected chi connectivity index (χ3v) is 3.30. The van der Waals surface area contributed by atoms with E-state index in [4.69, 9.17) is 10.3 Å². The largest absolute Gasteiger partial charge is 0.338 e. The molecule has 1 aliphatic rings. The Balaban J connectivity index is 1.58. The maximum Gasteiger partial charge on any atom is 0.243 e. The average molecular weight is 243 g/mol. The third kappa shape index (κ3) is 2.59. The minimum atomic E-state index is -0.162. The van der Waals surface area contributed by atoms with E-state index in [0.717, 1.165) is 18.7 Å². The van der Waals surface area contributed by atoms with Crippen molar-refractivity contribution in [2.24, 2.45) is 5.73 Å². The molecule has 94 valence electrons. The lowest BCUT2D eigenvalue weighted by Crippen LogP contribution is -2.11. The van der Waals surface area contributed by atoms with Crippen molar-refractivity contribution in [3.05, 3.63) is 47.6 Å². The van der Waals surface area contributed by atoms with Crippen LogP contribution in [-0.2, 0) is 6.42 Å². The molecule has 1 fully saturated rings. The van der Waals surface area contributed by atoms with Gasteiger partial charge in [0.1, 0.15) is 0 Å². The van der Waals surface area contributed by atoms with Gasteiger partial charge in [0.25, 0.3) is 0 Å². The average Bonchev–Trinajstić information content (AvgIpc) is 3.15. The molecule has 1 aromatic carbocycles. The molecule has 0 saturated heterocycles. The monoisotopic (exact) mass is 243 g/mol. The number of benzene rings is 1. The van der Waals surface area contributed by atoms with E-state index in [2.05, 4.69) is 22.3 Å². The van der Waals surface area contributed by atoms with Gasteiger partial charge < -0.3 is 10.3 Å². The summed E-state index contributed by atoms with van der Waals surface area (Å²) in [6, 6.07) is 10.2. The van der Waals surface area contributed by atoms with E-state index in [-0.39, 0.29) is 6.04 Å². The number of hydrogen-bond acceptors (Lipinski definition) is 4. The van der Waals surface area contributed by atoms with Gasteiger partial charge in [-0.2, -0.15) is 4.98 Å². The Morgan fingerprint density at radius 2 is 2.06 bits per heavy atom. The van der Waals surface area contributed by atoms with E-state index in [1.54, 1.807) is 0 Å². The molecule has 0 spiro atoms. The van der Waals surface area contributed by atoms with E-state index in [1.165, 1.54) is 18.4 Å². The number of nitrogens with two attached hydrogens (primary N) is 1. The summed E-state index contributed by atoms with van der Waals surface area (Å²) in [6.07, 6.45) is 4.12. The van der Waals surface area contributed by atoms with Crippen molar-refractivity contribution in [1.29, 1.82) is 0 Å². The minimum Gasteiger partial charge on any atom is -0.338 e. The molecular formula is C14H17N3O. The molecule has 18 heavy (non-hydrogen) atoms. The molecule has 1 atom stereocenters. The van der Waals surface area contributed by atoms with Crippen LogP contribution in [0.1, 0.15) is 48.5 Å². The fourth-order valence-corrected chi connectivity index (χ4v) is 2.00. The van der Waals surface area contributed by atoms with Crippen molar-refractivity contribution in [3.63, 3.8) is 0 Å². The second kappa shape index (κ2) is 4.90. The smallest absolute Gasteiger partial charge is 0.243 e. The first-order valence-corrected chi connectivity index (χ1v) is 6.46. The number of nitrogens with zero attached hydrogens (tertiary/aromatic N) is 2.